The van der Waals surface area contributed by atoms with Crippen molar-refractivity contribution in [1.82, 2.24) is 9.80 Å². The van der Waals surface area contributed by atoms with Gasteiger partial charge in [0.2, 0.25) is 11.8 Å². The Morgan fingerprint density at radius 2 is 1.59 bits per heavy atom. The molecule has 1 saturated heterocycles. The number of fused-ring (bicyclic) bond motifs is 2. The highest BCUT2D eigenvalue weighted by Crippen LogP contribution is 2.42. The van der Waals surface area contributed by atoms with E-state index in [0.29, 0.717) is 43.6 Å². The number of nitrogens with zero attached hydrogens (tertiary/aromatic N) is 2. The number of carbonyl (C=O) groups excluding carboxylic acids is 2. The first-order chi connectivity index (χ1) is 13.5. The lowest BCUT2D eigenvalue weighted by molar-refractivity contribution is -0.144. The van der Waals surface area contributed by atoms with Crippen LogP contribution in [0.5, 0.6) is 0 Å². The van der Waals surface area contributed by atoms with Crippen molar-refractivity contribution in [3.8, 4) is 0 Å². The highest BCUT2D eigenvalue weighted by molar-refractivity contribution is 5.85. The summed E-state index contributed by atoms with van der Waals surface area (Å²) in [7, 11) is 0. The summed E-state index contributed by atoms with van der Waals surface area (Å²) < 4.78 is 13.8. The van der Waals surface area contributed by atoms with Crippen molar-refractivity contribution in [2.24, 2.45) is 23.5 Å². The normalized spacial score (nSPS) is 29.2. The lowest BCUT2D eigenvalue weighted by Crippen LogP contribution is -2.54. The van der Waals surface area contributed by atoms with Crippen LogP contribution in [0.1, 0.15) is 37.7 Å². The van der Waals surface area contributed by atoms with E-state index in [1.165, 1.54) is 12.5 Å². The summed E-state index contributed by atoms with van der Waals surface area (Å²) >= 11 is 0. The molecule has 4 rings (SSSR count). The highest BCUT2D eigenvalue weighted by Gasteiger charge is 2.42. The van der Waals surface area contributed by atoms with Crippen LogP contribution in [0.4, 0.5) is 4.39 Å². The minimum absolute atomic E-state index is 0. The third-order valence-corrected chi connectivity index (χ3v) is 7.01. The van der Waals surface area contributed by atoms with E-state index in [4.69, 9.17) is 5.73 Å². The Balaban J connectivity index is 0.00000240. The lowest BCUT2D eigenvalue weighted by atomic mass is 9.65. The summed E-state index contributed by atoms with van der Waals surface area (Å²) in [6, 6.07) is 6.67. The fraction of sp³-hybridized carbons (Fsp3) is 0.636. The molecule has 1 aromatic rings. The molecule has 1 aliphatic heterocycles. The van der Waals surface area contributed by atoms with E-state index in [-0.39, 0.29) is 48.4 Å². The van der Waals surface area contributed by atoms with Crippen molar-refractivity contribution in [2.45, 2.75) is 44.6 Å². The molecule has 2 atom stereocenters. The van der Waals surface area contributed by atoms with Crippen molar-refractivity contribution in [3.63, 3.8) is 0 Å². The van der Waals surface area contributed by atoms with Crippen LogP contribution in [0.3, 0.4) is 0 Å². The van der Waals surface area contributed by atoms with E-state index in [1.54, 1.807) is 23.1 Å². The summed E-state index contributed by atoms with van der Waals surface area (Å²) in [5.74, 6) is 0.900. The topological polar surface area (TPSA) is 66.6 Å². The molecule has 2 bridgehead atoms. The molecular formula is C22H31ClFN3O2. The molecule has 160 valence electrons. The zero-order valence-corrected chi connectivity index (χ0v) is 17.6. The van der Waals surface area contributed by atoms with E-state index in [1.807, 2.05) is 4.90 Å². The van der Waals surface area contributed by atoms with Gasteiger partial charge >= 0.3 is 0 Å². The predicted molar refractivity (Wildman–Crippen MR) is 112 cm³/mol. The Hall–Kier alpha value is -1.66. The molecule has 2 unspecified atom stereocenters. The molecule has 1 aromatic carbocycles. The van der Waals surface area contributed by atoms with E-state index >= 15 is 0 Å². The van der Waals surface area contributed by atoms with Crippen molar-refractivity contribution in [2.75, 3.05) is 26.2 Å². The molecule has 2 amide bonds. The minimum Gasteiger partial charge on any atom is -0.339 e. The van der Waals surface area contributed by atoms with Gasteiger partial charge in [0, 0.05) is 38.1 Å². The Kier molecular flexibility index (Phi) is 7.17. The van der Waals surface area contributed by atoms with Gasteiger partial charge in [0.25, 0.3) is 0 Å². The Bertz CT molecular complexity index is 725. The molecule has 2 saturated carbocycles. The van der Waals surface area contributed by atoms with Gasteiger partial charge in [-0.25, -0.2) is 4.39 Å². The molecule has 3 aliphatic rings. The van der Waals surface area contributed by atoms with Crippen molar-refractivity contribution < 1.29 is 14.0 Å². The van der Waals surface area contributed by atoms with Crippen molar-refractivity contribution >= 4 is 24.2 Å². The molecular weight excluding hydrogens is 393 g/mol. The summed E-state index contributed by atoms with van der Waals surface area (Å²) in [5.41, 5.74) is 6.78. The van der Waals surface area contributed by atoms with Crippen LogP contribution in [0, 0.1) is 23.6 Å². The zero-order chi connectivity index (χ0) is 19.7. The maximum absolute atomic E-state index is 13.8. The minimum atomic E-state index is -0.342. The molecule has 2 aliphatic carbocycles. The third-order valence-electron chi connectivity index (χ3n) is 7.01. The fourth-order valence-electron chi connectivity index (χ4n) is 5.34. The van der Waals surface area contributed by atoms with Gasteiger partial charge in [0.05, 0.1) is 6.42 Å². The number of piperazine rings is 1. The van der Waals surface area contributed by atoms with Crippen LogP contribution < -0.4 is 5.73 Å². The largest absolute Gasteiger partial charge is 0.339 e. The van der Waals surface area contributed by atoms with Crippen LogP contribution in [0.2, 0.25) is 0 Å². The van der Waals surface area contributed by atoms with Gasteiger partial charge in [-0.15, -0.1) is 12.4 Å². The molecule has 0 spiro atoms. The fourth-order valence-corrected chi connectivity index (χ4v) is 5.34. The maximum atomic E-state index is 13.8. The number of rotatable bonds is 3. The number of amides is 2. The van der Waals surface area contributed by atoms with Gasteiger partial charge in [-0.3, -0.25) is 9.59 Å². The van der Waals surface area contributed by atoms with E-state index in [9.17, 15) is 14.0 Å². The molecule has 3 fully saturated rings. The van der Waals surface area contributed by atoms with Gasteiger partial charge in [0.15, 0.2) is 0 Å². The average Bonchev–Trinajstić information content (AvgIpc) is 2.69. The second-order valence-electron chi connectivity index (χ2n) is 8.67. The SMILES string of the molecule is Cl.NC1C2CCCC1CC(C(=O)N1CCN(C(=O)Cc3ccccc3F)CC1)C2. The first-order valence-electron chi connectivity index (χ1n) is 10.6. The molecule has 0 aromatic heterocycles. The van der Waals surface area contributed by atoms with Crippen molar-refractivity contribution in [3.05, 3.63) is 35.6 Å². The number of halogens is 2. The third kappa shape index (κ3) is 4.75. The smallest absolute Gasteiger partial charge is 0.227 e. The highest BCUT2D eigenvalue weighted by atomic mass is 35.5. The van der Waals surface area contributed by atoms with Crippen LogP contribution in [0.25, 0.3) is 0 Å². The van der Waals surface area contributed by atoms with Crippen LogP contribution >= 0.6 is 12.4 Å². The second-order valence-corrected chi connectivity index (χ2v) is 8.67. The second kappa shape index (κ2) is 9.43. The van der Waals surface area contributed by atoms with Gasteiger partial charge < -0.3 is 15.5 Å². The van der Waals surface area contributed by atoms with Crippen LogP contribution in [-0.2, 0) is 16.0 Å². The number of hydrogen-bond donors (Lipinski definition) is 1. The quantitative estimate of drug-likeness (QED) is 0.812. The standard InChI is InChI=1S/C22H30FN3O2.ClH/c23-19-7-2-1-4-15(19)14-20(27)25-8-10-26(11-9-25)22(28)18-12-16-5-3-6-17(13-18)21(16)24;/h1-2,4,7,16-18,21H,3,5-6,8-14,24H2;1H. The molecule has 29 heavy (non-hydrogen) atoms. The first-order valence-corrected chi connectivity index (χ1v) is 10.6. The number of benzene rings is 1. The van der Waals surface area contributed by atoms with E-state index < -0.39 is 0 Å². The average molecular weight is 424 g/mol. The molecule has 2 N–H and O–H groups in total. The summed E-state index contributed by atoms with van der Waals surface area (Å²) in [5, 5.41) is 0. The maximum Gasteiger partial charge on any atom is 0.227 e. The van der Waals surface area contributed by atoms with Crippen LogP contribution in [0.15, 0.2) is 24.3 Å². The number of hydrogen-bond acceptors (Lipinski definition) is 3. The van der Waals surface area contributed by atoms with Gasteiger partial charge in [-0.2, -0.15) is 0 Å². The summed E-state index contributed by atoms with van der Waals surface area (Å²) in [6.07, 6.45) is 5.46. The van der Waals surface area contributed by atoms with E-state index in [0.717, 1.165) is 25.7 Å². The predicted octanol–water partition coefficient (Wildman–Crippen LogP) is 2.61. The Morgan fingerprint density at radius 3 is 2.21 bits per heavy atom. The summed E-state index contributed by atoms with van der Waals surface area (Å²) in [4.78, 5) is 29.2. The molecule has 0 radical (unpaired) electrons. The first kappa shape index (κ1) is 22.0. The number of carbonyl (C=O) groups is 2. The van der Waals surface area contributed by atoms with Gasteiger partial charge in [-0.05, 0) is 49.1 Å². The van der Waals surface area contributed by atoms with Gasteiger partial charge in [0.1, 0.15) is 5.82 Å². The van der Waals surface area contributed by atoms with Crippen molar-refractivity contribution in [1.29, 1.82) is 0 Å². The van der Waals surface area contributed by atoms with Gasteiger partial charge in [-0.1, -0.05) is 24.6 Å². The Morgan fingerprint density at radius 1 is 1.00 bits per heavy atom. The number of nitrogens with two attached hydrogens (primary N) is 1. The molecule has 7 heteroatoms. The summed E-state index contributed by atoms with van der Waals surface area (Å²) in [6.45, 7) is 2.19. The molecule has 5 nitrogen and oxygen atoms in total. The zero-order valence-electron chi connectivity index (χ0n) is 16.8. The van der Waals surface area contributed by atoms with Crippen LogP contribution in [-0.4, -0.2) is 53.8 Å². The lowest BCUT2D eigenvalue weighted by Gasteiger charge is -2.45. The van der Waals surface area contributed by atoms with E-state index in [2.05, 4.69) is 0 Å². The molecule has 1 heterocycles. The monoisotopic (exact) mass is 423 g/mol. The Labute approximate surface area is 178 Å².